The number of rotatable bonds is 6. The summed E-state index contributed by atoms with van der Waals surface area (Å²) in [6.45, 7) is 4.19. The van der Waals surface area contributed by atoms with Crippen LogP contribution in [0.25, 0.3) is 11.3 Å². The number of hydrogen-bond donors (Lipinski definition) is 2. The van der Waals surface area contributed by atoms with E-state index in [1.807, 2.05) is 19.9 Å². The summed E-state index contributed by atoms with van der Waals surface area (Å²) in [7, 11) is 1.43. The maximum Gasteiger partial charge on any atom is 0.433 e. The van der Waals surface area contributed by atoms with Gasteiger partial charge in [-0.25, -0.2) is 0 Å². The van der Waals surface area contributed by atoms with Crippen LogP contribution in [-0.2, 0) is 10.9 Å². The lowest BCUT2D eigenvalue weighted by Gasteiger charge is -2.24. The summed E-state index contributed by atoms with van der Waals surface area (Å²) in [5.41, 5.74) is 0.224. The Morgan fingerprint density at radius 1 is 1.23 bits per heavy atom. The Labute approximate surface area is 172 Å². The Morgan fingerprint density at radius 2 is 1.97 bits per heavy atom. The first kappa shape index (κ1) is 21.7. The zero-order valence-corrected chi connectivity index (χ0v) is 16.8. The van der Waals surface area contributed by atoms with E-state index < -0.39 is 23.9 Å². The number of alkyl halides is 3. The first-order valence-electron chi connectivity index (χ1n) is 9.35. The van der Waals surface area contributed by atoms with Crippen LogP contribution < -0.4 is 4.74 Å². The molecule has 2 aromatic rings. The Morgan fingerprint density at radius 3 is 2.60 bits per heavy atom. The standard InChI is InChI=1S/C22H23F3N2O3/c1-13(2)10-11-30-14-8-9-15(17(28)12-14)20-19(21(27-26-20)22(23,24)25)16-6-4-5-7-18(16)29-3/h4-10,12,16,18,28H,11H2,1-3H3,(H,26,27). The highest BCUT2D eigenvalue weighted by Crippen LogP contribution is 2.44. The van der Waals surface area contributed by atoms with Gasteiger partial charge in [0.2, 0.25) is 0 Å². The number of aromatic nitrogens is 2. The van der Waals surface area contributed by atoms with Crippen molar-refractivity contribution < 1.29 is 27.8 Å². The van der Waals surface area contributed by atoms with Crippen molar-refractivity contribution in [1.29, 1.82) is 0 Å². The van der Waals surface area contributed by atoms with Crippen molar-refractivity contribution in [2.24, 2.45) is 0 Å². The van der Waals surface area contributed by atoms with Gasteiger partial charge in [0, 0.05) is 30.2 Å². The van der Waals surface area contributed by atoms with E-state index in [1.54, 1.807) is 30.4 Å². The van der Waals surface area contributed by atoms with Crippen LogP contribution in [0.3, 0.4) is 0 Å². The molecule has 0 aliphatic heterocycles. The second-order valence-electron chi connectivity index (χ2n) is 7.13. The lowest BCUT2D eigenvalue weighted by atomic mass is 9.86. The molecule has 1 aromatic carbocycles. The minimum absolute atomic E-state index is 0.0164. The quantitative estimate of drug-likeness (QED) is 0.617. The average Bonchev–Trinajstić information content (AvgIpc) is 3.13. The zero-order chi connectivity index (χ0) is 21.9. The van der Waals surface area contributed by atoms with E-state index in [1.165, 1.54) is 19.2 Å². The van der Waals surface area contributed by atoms with Crippen LogP contribution in [0.2, 0.25) is 0 Å². The number of nitrogens with zero attached hydrogens (tertiary/aromatic N) is 1. The molecule has 1 aliphatic carbocycles. The third-order valence-corrected chi connectivity index (χ3v) is 4.74. The second kappa shape index (κ2) is 8.79. The number of methoxy groups -OCH3 is 1. The van der Waals surface area contributed by atoms with Crippen LogP contribution in [0, 0.1) is 0 Å². The van der Waals surface area contributed by atoms with Crippen molar-refractivity contribution in [3.63, 3.8) is 0 Å². The van der Waals surface area contributed by atoms with Gasteiger partial charge >= 0.3 is 6.18 Å². The molecule has 2 N–H and O–H groups in total. The van der Waals surface area contributed by atoms with Gasteiger partial charge in [0.05, 0.1) is 6.10 Å². The smallest absolute Gasteiger partial charge is 0.433 e. The van der Waals surface area contributed by atoms with E-state index in [0.29, 0.717) is 12.4 Å². The van der Waals surface area contributed by atoms with Gasteiger partial charge in [-0.2, -0.15) is 18.3 Å². The minimum atomic E-state index is -4.64. The van der Waals surface area contributed by atoms with Crippen LogP contribution in [0.1, 0.15) is 31.0 Å². The van der Waals surface area contributed by atoms with Gasteiger partial charge in [0.15, 0.2) is 0 Å². The molecule has 0 saturated carbocycles. The molecule has 2 atom stereocenters. The molecule has 0 saturated heterocycles. The molecule has 30 heavy (non-hydrogen) atoms. The number of nitrogens with one attached hydrogen (secondary N) is 1. The highest BCUT2D eigenvalue weighted by atomic mass is 19.4. The fourth-order valence-corrected chi connectivity index (χ4v) is 3.28. The Balaban J connectivity index is 2.04. The predicted molar refractivity (Wildman–Crippen MR) is 107 cm³/mol. The number of ether oxygens (including phenoxy) is 2. The van der Waals surface area contributed by atoms with Gasteiger partial charge in [0.1, 0.15) is 29.5 Å². The molecule has 5 nitrogen and oxygen atoms in total. The Bertz CT molecular complexity index is 986. The summed E-state index contributed by atoms with van der Waals surface area (Å²) in [6.07, 6.45) is 3.33. The summed E-state index contributed by atoms with van der Waals surface area (Å²) < 4.78 is 52.0. The molecular weight excluding hydrogens is 397 g/mol. The molecule has 3 rings (SSSR count). The molecule has 0 amide bonds. The summed E-state index contributed by atoms with van der Waals surface area (Å²) in [5.74, 6) is -0.550. The van der Waals surface area contributed by atoms with Gasteiger partial charge in [-0.15, -0.1) is 0 Å². The van der Waals surface area contributed by atoms with E-state index in [2.05, 4.69) is 10.2 Å². The van der Waals surface area contributed by atoms with Gasteiger partial charge < -0.3 is 14.6 Å². The van der Waals surface area contributed by atoms with Crippen LogP contribution in [0.5, 0.6) is 11.5 Å². The molecule has 160 valence electrons. The summed E-state index contributed by atoms with van der Waals surface area (Å²) in [4.78, 5) is 0. The molecule has 0 spiro atoms. The summed E-state index contributed by atoms with van der Waals surface area (Å²) in [5, 5.41) is 16.5. The van der Waals surface area contributed by atoms with Crippen molar-refractivity contribution in [3.8, 4) is 22.8 Å². The van der Waals surface area contributed by atoms with Crippen molar-refractivity contribution in [3.05, 3.63) is 65.4 Å². The highest BCUT2D eigenvalue weighted by Gasteiger charge is 2.41. The number of H-pyrrole nitrogens is 1. The van der Waals surface area contributed by atoms with E-state index in [4.69, 9.17) is 9.47 Å². The van der Waals surface area contributed by atoms with E-state index in [0.717, 1.165) is 5.57 Å². The molecule has 0 fully saturated rings. The molecule has 0 bridgehead atoms. The second-order valence-corrected chi connectivity index (χ2v) is 7.13. The van der Waals surface area contributed by atoms with Crippen molar-refractivity contribution in [2.75, 3.05) is 13.7 Å². The zero-order valence-electron chi connectivity index (χ0n) is 16.8. The number of aromatic hydroxyl groups is 1. The number of phenols is 1. The first-order chi connectivity index (χ1) is 14.2. The number of benzene rings is 1. The van der Waals surface area contributed by atoms with Crippen molar-refractivity contribution >= 4 is 0 Å². The minimum Gasteiger partial charge on any atom is -0.507 e. The number of halogens is 3. The fourth-order valence-electron chi connectivity index (χ4n) is 3.28. The molecule has 1 aromatic heterocycles. The maximum atomic E-state index is 13.7. The topological polar surface area (TPSA) is 67.4 Å². The van der Waals surface area contributed by atoms with Gasteiger partial charge in [-0.05, 0) is 32.1 Å². The summed E-state index contributed by atoms with van der Waals surface area (Å²) >= 11 is 0. The fraction of sp³-hybridized carbons (Fsp3) is 0.318. The average molecular weight is 420 g/mol. The van der Waals surface area contributed by atoms with Crippen LogP contribution in [0.15, 0.2) is 54.2 Å². The molecule has 2 unspecified atom stereocenters. The first-order valence-corrected chi connectivity index (χ1v) is 9.35. The van der Waals surface area contributed by atoms with Crippen molar-refractivity contribution in [1.82, 2.24) is 10.2 Å². The largest absolute Gasteiger partial charge is 0.507 e. The summed E-state index contributed by atoms with van der Waals surface area (Å²) in [6, 6.07) is 4.45. The maximum absolute atomic E-state index is 13.7. The molecule has 1 aliphatic rings. The number of phenolic OH excluding ortho intramolecular Hbond substituents is 1. The highest BCUT2D eigenvalue weighted by molar-refractivity contribution is 5.73. The lowest BCUT2D eigenvalue weighted by molar-refractivity contribution is -0.142. The van der Waals surface area contributed by atoms with Crippen LogP contribution in [-0.4, -0.2) is 35.1 Å². The van der Waals surface area contributed by atoms with Gasteiger partial charge in [-0.1, -0.05) is 29.9 Å². The molecule has 8 heteroatoms. The molecule has 0 radical (unpaired) electrons. The normalized spacial score (nSPS) is 18.5. The third kappa shape index (κ3) is 4.59. The number of hydrogen-bond acceptors (Lipinski definition) is 4. The number of aromatic amines is 1. The van der Waals surface area contributed by atoms with E-state index in [9.17, 15) is 18.3 Å². The lowest BCUT2D eigenvalue weighted by Crippen LogP contribution is -2.22. The third-order valence-electron chi connectivity index (χ3n) is 4.74. The van der Waals surface area contributed by atoms with Gasteiger partial charge in [-0.3, -0.25) is 5.10 Å². The molecule has 1 heterocycles. The van der Waals surface area contributed by atoms with E-state index >= 15 is 0 Å². The Hall–Kier alpha value is -3.00. The molecular formula is C22H23F3N2O3. The number of allylic oxidation sites excluding steroid dienone is 3. The van der Waals surface area contributed by atoms with Crippen molar-refractivity contribution in [2.45, 2.75) is 32.0 Å². The monoisotopic (exact) mass is 420 g/mol. The Kier molecular flexibility index (Phi) is 6.36. The van der Waals surface area contributed by atoms with Crippen LogP contribution in [0.4, 0.5) is 13.2 Å². The van der Waals surface area contributed by atoms with Gasteiger partial charge in [0.25, 0.3) is 0 Å². The van der Waals surface area contributed by atoms with E-state index in [-0.39, 0.29) is 22.6 Å². The van der Waals surface area contributed by atoms with Crippen LogP contribution >= 0.6 is 0 Å². The SMILES string of the molecule is COC1C=CC=CC1c1c(-c2ccc(OCC=C(C)C)cc2O)n[nH]c1C(F)(F)F. The predicted octanol–water partition coefficient (Wildman–Crippen LogP) is 5.37.